The minimum atomic E-state index is -0.0396. The largest absolute Gasteiger partial charge is 0.334 e. The number of hydrogen-bond donors (Lipinski definition) is 1. The zero-order valence-electron chi connectivity index (χ0n) is 15.1. The Morgan fingerprint density at radius 1 is 1.04 bits per heavy atom. The topological polar surface area (TPSA) is 68.0 Å². The molecule has 0 spiro atoms. The lowest BCUT2D eigenvalue weighted by Crippen LogP contribution is -2.14. The predicted octanol–water partition coefficient (Wildman–Crippen LogP) is 4.53. The van der Waals surface area contributed by atoms with Crippen LogP contribution < -0.4 is 5.32 Å². The van der Waals surface area contributed by atoms with E-state index in [9.17, 15) is 4.79 Å². The average molecular weight is 367 g/mol. The van der Waals surface area contributed by atoms with E-state index in [1.165, 1.54) is 17.3 Å². The van der Waals surface area contributed by atoms with Crippen LogP contribution in [0, 0.1) is 20.8 Å². The van der Waals surface area contributed by atoms with E-state index in [2.05, 4.69) is 21.5 Å². The number of anilines is 1. The van der Waals surface area contributed by atoms with Crippen molar-refractivity contribution in [1.82, 2.24) is 10.1 Å². The molecule has 26 heavy (non-hydrogen) atoms. The van der Waals surface area contributed by atoms with Gasteiger partial charge in [-0.15, -0.1) is 11.8 Å². The van der Waals surface area contributed by atoms with Gasteiger partial charge < -0.3 is 9.84 Å². The van der Waals surface area contributed by atoms with E-state index in [1.807, 2.05) is 57.2 Å². The maximum absolute atomic E-state index is 12.1. The van der Waals surface area contributed by atoms with Crippen molar-refractivity contribution in [3.05, 3.63) is 65.0 Å². The molecule has 1 N–H and O–H groups in total. The molecule has 2 aromatic carbocycles. The predicted molar refractivity (Wildman–Crippen MR) is 105 cm³/mol. The number of nitrogens with one attached hydrogen (secondary N) is 1. The molecule has 1 heterocycles. The van der Waals surface area contributed by atoms with Gasteiger partial charge in [-0.25, -0.2) is 0 Å². The number of carbonyl (C=O) groups is 1. The number of rotatable bonds is 6. The van der Waals surface area contributed by atoms with Gasteiger partial charge in [-0.05, 0) is 56.2 Å². The molecule has 1 aromatic heterocycles. The minimum Gasteiger partial charge on any atom is -0.334 e. The Balaban J connectivity index is 1.50. The smallest absolute Gasteiger partial charge is 0.257 e. The number of hydrogen-bond acceptors (Lipinski definition) is 5. The van der Waals surface area contributed by atoms with Gasteiger partial charge in [-0.1, -0.05) is 28.9 Å². The van der Waals surface area contributed by atoms with Crippen LogP contribution in [0.2, 0.25) is 0 Å². The number of carbonyl (C=O) groups excluding carboxylic acids is 1. The van der Waals surface area contributed by atoms with E-state index >= 15 is 0 Å². The summed E-state index contributed by atoms with van der Waals surface area (Å²) >= 11 is 1.46. The Kier molecular flexibility index (Phi) is 5.73. The third-order valence-corrected chi connectivity index (χ3v) is 4.67. The maximum atomic E-state index is 12.1. The SMILES string of the molecule is Cc1ccc(-c2nc(CSCC(=O)Nc3cc(C)cc(C)c3)no2)cc1. The number of benzene rings is 2. The summed E-state index contributed by atoms with van der Waals surface area (Å²) in [6.07, 6.45) is 0. The van der Waals surface area contributed by atoms with E-state index in [-0.39, 0.29) is 5.91 Å². The number of aromatic nitrogens is 2. The van der Waals surface area contributed by atoms with Crippen molar-refractivity contribution in [2.45, 2.75) is 26.5 Å². The Morgan fingerprint density at radius 2 is 1.73 bits per heavy atom. The Labute approximate surface area is 157 Å². The lowest BCUT2D eigenvalue weighted by atomic mass is 10.1. The van der Waals surface area contributed by atoms with Gasteiger partial charge in [-0.2, -0.15) is 4.98 Å². The van der Waals surface area contributed by atoms with Gasteiger partial charge >= 0.3 is 0 Å². The quantitative estimate of drug-likeness (QED) is 0.693. The first-order valence-corrected chi connectivity index (χ1v) is 9.50. The third-order valence-electron chi connectivity index (χ3n) is 3.74. The molecule has 0 aliphatic heterocycles. The Morgan fingerprint density at radius 3 is 2.42 bits per heavy atom. The van der Waals surface area contributed by atoms with E-state index in [1.54, 1.807) is 0 Å². The molecular formula is C20H21N3O2S. The number of amides is 1. The highest BCUT2D eigenvalue weighted by Gasteiger charge is 2.10. The lowest BCUT2D eigenvalue weighted by Gasteiger charge is -2.07. The molecule has 0 unspecified atom stereocenters. The monoisotopic (exact) mass is 367 g/mol. The summed E-state index contributed by atoms with van der Waals surface area (Å²) < 4.78 is 5.30. The van der Waals surface area contributed by atoms with E-state index in [4.69, 9.17) is 4.52 Å². The second kappa shape index (κ2) is 8.19. The molecule has 0 fully saturated rings. The molecule has 134 valence electrons. The fourth-order valence-corrected chi connectivity index (χ4v) is 3.26. The van der Waals surface area contributed by atoms with Crippen LogP contribution in [0.4, 0.5) is 5.69 Å². The van der Waals surface area contributed by atoms with E-state index < -0.39 is 0 Å². The molecule has 3 rings (SSSR count). The zero-order valence-corrected chi connectivity index (χ0v) is 15.9. The molecule has 0 bridgehead atoms. The summed E-state index contributed by atoms with van der Waals surface area (Å²) in [4.78, 5) is 16.5. The van der Waals surface area contributed by atoms with Crippen molar-refractivity contribution in [1.29, 1.82) is 0 Å². The second-order valence-corrected chi connectivity index (χ2v) is 7.28. The van der Waals surface area contributed by atoms with Crippen molar-refractivity contribution >= 4 is 23.4 Å². The van der Waals surface area contributed by atoms with E-state index in [0.29, 0.717) is 23.2 Å². The molecule has 0 saturated carbocycles. The summed E-state index contributed by atoms with van der Waals surface area (Å²) in [7, 11) is 0. The first-order valence-electron chi connectivity index (χ1n) is 8.35. The normalized spacial score (nSPS) is 10.7. The average Bonchev–Trinajstić information content (AvgIpc) is 3.03. The fraction of sp³-hybridized carbons (Fsp3) is 0.250. The summed E-state index contributed by atoms with van der Waals surface area (Å²) in [6.45, 7) is 6.06. The van der Waals surface area contributed by atoms with Gasteiger partial charge in [-0.3, -0.25) is 4.79 Å². The van der Waals surface area contributed by atoms with Gasteiger partial charge in [0.05, 0.1) is 11.5 Å². The standard InChI is InChI=1S/C20H21N3O2S/c1-13-4-6-16(7-5-13)20-22-18(23-25-20)11-26-12-19(24)21-17-9-14(2)8-15(3)10-17/h4-10H,11-12H2,1-3H3,(H,21,24). The molecule has 0 atom stereocenters. The summed E-state index contributed by atoms with van der Waals surface area (Å²) in [5.41, 5.74) is 5.16. The molecule has 5 nitrogen and oxygen atoms in total. The van der Waals surface area contributed by atoms with Gasteiger partial charge in [0.2, 0.25) is 5.91 Å². The fourth-order valence-electron chi connectivity index (χ4n) is 2.60. The highest BCUT2D eigenvalue weighted by Crippen LogP contribution is 2.20. The highest BCUT2D eigenvalue weighted by atomic mass is 32.2. The van der Waals surface area contributed by atoms with Crippen LogP contribution in [0.25, 0.3) is 11.5 Å². The minimum absolute atomic E-state index is 0.0396. The number of aryl methyl sites for hydroxylation is 3. The lowest BCUT2D eigenvalue weighted by molar-refractivity contribution is -0.113. The molecule has 6 heteroatoms. The van der Waals surface area contributed by atoms with Crippen LogP contribution >= 0.6 is 11.8 Å². The molecular weight excluding hydrogens is 346 g/mol. The van der Waals surface area contributed by atoms with Crippen LogP contribution in [0.15, 0.2) is 47.0 Å². The maximum Gasteiger partial charge on any atom is 0.257 e. The van der Waals surface area contributed by atoms with Gasteiger partial charge in [0, 0.05) is 11.3 Å². The summed E-state index contributed by atoms with van der Waals surface area (Å²) in [6, 6.07) is 13.9. The summed E-state index contributed by atoms with van der Waals surface area (Å²) in [5.74, 6) is 1.91. The summed E-state index contributed by atoms with van der Waals surface area (Å²) in [5, 5.41) is 6.90. The third kappa shape index (κ3) is 4.95. The highest BCUT2D eigenvalue weighted by molar-refractivity contribution is 7.99. The van der Waals surface area contributed by atoms with Gasteiger partial charge in [0.1, 0.15) is 0 Å². The van der Waals surface area contributed by atoms with Gasteiger partial charge in [0.15, 0.2) is 5.82 Å². The van der Waals surface area contributed by atoms with Crippen LogP contribution in [0.3, 0.4) is 0 Å². The second-order valence-electron chi connectivity index (χ2n) is 6.30. The van der Waals surface area contributed by atoms with Gasteiger partial charge in [0.25, 0.3) is 5.89 Å². The number of thioether (sulfide) groups is 1. The van der Waals surface area contributed by atoms with E-state index in [0.717, 1.165) is 22.4 Å². The molecule has 3 aromatic rings. The Hall–Kier alpha value is -2.60. The van der Waals surface area contributed by atoms with Crippen LogP contribution in [-0.4, -0.2) is 21.8 Å². The molecule has 0 aliphatic carbocycles. The molecule has 0 radical (unpaired) electrons. The van der Waals surface area contributed by atoms with Crippen molar-refractivity contribution < 1.29 is 9.32 Å². The van der Waals surface area contributed by atoms with Crippen molar-refractivity contribution in [2.24, 2.45) is 0 Å². The van der Waals surface area contributed by atoms with Crippen LogP contribution in [0.5, 0.6) is 0 Å². The zero-order chi connectivity index (χ0) is 18.5. The van der Waals surface area contributed by atoms with Crippen molar-refractivity contribution in [2.75, 3.05) is 11.1 Å². The van der Waals surface area contributed by atoms with Crippen LogP contribution in [0.1, 0.15) is 22.5 Å². The Bertz CT molecular complexity index is 883. The molecule has 1 amide bonds. The van der Waals surface area contributed by atoms with Crippen LogP contribution in [-0.2, 0) is 10.5 Å². The number of nitrogens with zero attached hydrogens (tertiary/aromatic N) is 2. The van der Waals surface area contributed by atoms with Crippen molar-refractivity contribution in [3.63, 3.8) is 0 Å². The van der Waals surface area contributed by atoms with Crippen molar-refractivity contribution in [3.8, 4) is 11.5 Å². The first-order chi connectivity index (χ1) is 12.5. The first kappa shape index (κ1) is 18.2. The molecule has 0 aliphatic rings. The molecule has 0 saturated heterocycles.